The van der Waals surface area contributed by atoms with E-state index in [4.69, 9.17) is 10.5 Å². The molecule has 2 heterocycles. The number of aromatic nitrogens is 5. The third-order valence-electron chi connectivity index (χ3n) is 2.63. The zero-order chi connectivity index (χ0) is 13.7. The van der Waals surface area contributed by atoms with Crippen molar-refractivity contribution in [2.75, 3.05) is 6.61 Å². The number of ether oxygens (including phenoxy) is 1. The summed E-state index contributed by atoms with van der Waals surface area (Å²) in [5.74, 6) is -0.377. The number of rotatable bonds is 6. The molecule has 2 rings (SSSR count). The molecular weight excluding hydrogens is 248 g/mol. The molecule has 0 spiro atoms. The van der Waals surface area contributed by atoms with E-state index in [1.54, 1.807) is 34.7 Å². The average molecular weight is 264 g/mol. The van der Waals surface area contributed by atoms with Crippen molar-refractivity contribution in [1.82, 2.24) is 24.8 Å². The summed E-state index contributed by atoms with van der Waals surface area (Å²) in [7, 11) is 0. The molecule has 0 bridgehead atoms. The second kappa shape index (κ2) is 6.10. The van der Waals surface area contributed by atoms with Crippen molar-refractivity contribution < 1.29 is 9.53 Å². The van der Waals surface area contributed by atoms with Gasteiger partial charge in [-0.15, -0.1) is 5.10 Å². The van der Waals surface area contributed by atoms with Crippen molar-refractivity contribution in [3.05, 3.63) is 29.8 Å². The van der Waals surface area contributed by atoms with Gasteiger partial charge in [0.15, 0.2) is 0 Å². The summed E-state index contributed by atoms with van der Waals surface area (Å²) in [6.45, 7) is 3.51. The van der Waals surface area contributed by atoms with E-state index in [1.807, 2.05) is 0 Å². The van der Waals surface area contributed by atoms with Crippen molar-refractivity contribution in [3.63, 3.8) is 0 Å². The van der Waals surface area contributed by atoms with Crippen molar-refractivity contribution >= 4 is 5.97 Å². The molecule has 0 atom stereocenters. The predicted molar refractivity (Wildman–Crippen MR) is 66.1 cm³/mol. The van der Waals surface area contributed by atoms with E-state index in [0.29, 0.717) is 31.9 Å². The summed E-state index contributed by atoms with van der Waals surface area (Å²) in [6.07, 6.45) is 3.19. The molecule has 0 aliphatic rings. The molecule has 2 aromatic rings. The predicted octanol–water partition coefficient (Wildman–Crippen LogP) is -0.190. The lowest BCUT2D eigenvalue weighted by Crippen LogP contribution is -2.18. The standard InChI is InChI=1S/C11H16N6O2/c1-2-19-11(18)10-3-4-14-17(10)6-5-16-9(7-12)8-13-15-16/h3-4,8H,2,5-7,12H2,1H3. The smallest absolute Gasteiger partial charge is 0.356 e. The molecule has 0 saturated heterocycles. The number of esters is 1. The topological polar surface area (TPSA) is 101 Å². The highest BCUT2D eigenvalue weighted by Crippen LogP contribution is 2.03. The third-order valence-corrected chi connectivity index (χ3v) is 2.63. The van der Waals surface area contributed by atoms with Crippen LogP contribution in [0.25, 0.3) is 0 Å². The fraction of sp³-hybridized carbons (Fsp3) is 0.455. The molecule has 0 amide bonds. The summed E-state index contributed by atoms with van der Waals surface area (Å²) in [6, 6.07) is 1.63. The van der Waals surface area contributed by atoms with Gasteiger partial charge in [-0.3, -0.25) is 4.68 Å². The Kier molecular flexibility index (Phi) is 4.24. The van der Waals surface area contributed by atoms with Gasteiger partial charge in [-0.25, -0.2) is 9.48 Å². The Hall–Kier alpha value is -2.22. The van der Waals surface area contributed by atoms with E-state index in [-0.39, 0.29) is 5.97 Å². The minimum atomic E-state index is -0.377. The highest BCUT2D eigenvalue weighted by atomic mass is 16.5. The Balaban J connectivity index is 2.04. The molecule has 0 radical (unpaired) electrons. The molecule has 0 aliphatic carbocycles. The van der Waals surface area contributed by atoms with Crippen molar-refractivity contribution in [3.8, 4) is 0 Å². The van der Waals surface area contributed by atoms with Crippen molar-refractivity contribution in [2.24, 2.45) is 5.73 Å². The molecule has 0 aliphatic heterocycles. The lowest BCUT2D eigenvalue weighted by Gasteiger charge is -2.08. The first-order chi connectivity index (χ1) is 9.26. The Morgan fingerprint density at radius 1 is 1.42 bits per heavy atom. The van der Waals surface area contributed by atoms with Gasteiger partial charge in [0, 0.05) is 12.7 Å². The lowest BCUT2D eigenvalue weighted by atomic mass is 10.4. The van der Waals surface area contributed by atoms with E-state index in [2.05, 4.69) is 15.4 Å². The van der Waals surface area contributed by atoms with Gasteiger partial charge >= 0.3 is 5.97 Å². The summed E-state index contributed by atoms with van der Waals surface area (Å²) >= 11 is 0. The van der Waals surface area contributed by atoms with E-state index in [1.165, 1.54) is 0 Å². The first kappa shape index (κ1) is 13.2. The fourth-order valence-corrected chi connectivity index (χ4v) is 1.70. The Labute approximate surface area is 110 Å². The van der Waals surface area contributed by atoms with Gasteiger partial charge in [0.25, 0.3) is 0 Å². The molecule has 8 heteroatoms. The van der Waals surface area contributed by atoms with Crippen molar-refractivity contribution in [1.29, 1.82) is 0 Å². The summed E-state index contributed by atoms with van der Waals surface area (Å²) < 4.78 is 8.23. The van der Waals surface area contributed by atoms with E-state index in [9.17, 15) is 4.79 Å². The minimum absolute atomic E-state index is 0.338. The quantitative estimate of drug-likeness (QED) is 0.726. The third kappa shape index (κ3) is 2.97. The van der Waals surface area contributed by atoms with Gasteiger partial charge in [0.2, 0.25) is 0 Å². The van der Waals surface area contributed by atoms with Crippen molar-refractivity contribution in [2.45, 2.75) is 26.6 Å². The number of aryl methyl sites for hydroxylation is 2. The van der Waals surface area contributed by atoms with Crippen LogP contribution in [0, 0.1) is 0 Å². The van der Waals surface area contributed by atoms with Crippen LogP contribution in [0.2, 0.25) is 0 Å². The first-order valence-corrected chi connectivity index (χ1v) is 6.02. The van der Waals surface area contributed by atoms with E-state index >= 15 is 0 Å². The van der Waals surface area contributed by atoms with Gasteiger partial charge < -0.3 is 10.5 Å². The van der Waals surface area contributed by atoms with Crippen LogP contribution in [0.3, 0.4) is 0 Å². The zero-order valence-corrected chi connectivity index (χ0v) is 10.7. The highest BCUT2D eigenvalue weighted by Gasteiger charge is 2.13. The maximum atomic E-state index is 11.7. The highest BCUT2D eigenvalue weighted by molar-refractivity contribution is 5.87. The average Bonchev–Trinajstić information content (AvgIpc) is 3.05. The monoisotopic (exact) mass is 264 g/mol. The molecule has 2 aromatic heterocycles. The van der Waals surface area contributed by atoms with Crippen LogP contribution >= 0.6 is 0 Å². The summed E-state index contributed by atoms with van der Waals surface area (Å²) in [4.78, 5) is 11.7. The number of nitrogens with two attached hydrogens (primary N) is 1. The number of carbonyl (C=O) groups is 1. The largest absolute Gasteiger partial charge is 0.461 e. The molecule has 2 N–H and O–H groups in total. The number of hydrogen-bond donors (Lipinski definition) is 1. The van der Waals surface area contributed by atoms with Crippen LogP contribution in [-0.4, -0.2) is 37.4 Å². The lowest BCUT2D eigenvalue weighted by molar-refractivity contribution is 0.0511. The number of nitrogens with zero attached hydrogens (tertiary/aromatic N) is 5. The fourth-order valence-electron chi connectivity index (χ4n) is 1.70. The van der Waals surface area contributed by atoms with Crippen LogP contribution in [0.4, 0.5) is 0 Å². The van der Waals surface area contributed by atoms with Crippen LogP contribution in [0.5, 0.6) is 0 Å². The molecule has 0 saturated carbocycles. The number of carbonyl (C=O) groups excluding carboxylic acids is 1. The molecule has 0 aromatic carbocycles. The molecular formula is C11H16N6O2. The normalized spacial score (nSPS) is 10.6. The minimum Gasteiger partial charge on any atom is -0.461 e. The van der Waals surface area contributed by atoms with Crippen LogP contribution in [0.15, 0.2) is 18.5 Å². The zero-order valence-electron chi connectivity index (χ0n) is 10.7. The molecule has 0 unspecified atom stereocenters. The SMILES string of the molecule is CCOC(=O)c1ccnn1CCn1nncc1CN. The summed E-state index contributed by atoms with van der Waals surface area (Å²) in [5.41, 5.74) is 6.83. The van der Waals surface area contributed by atoms with Gasteiger partial charge in [0.1, 0.15) is 5.69 Å². The van der Waals surface area contributed by atoms with Gasteiger partial charge in [-0.05, 0) is 13.0 Å². The Morgan fingerprint density at radius 3 is 2.95 bits per heavy atom. The number of hydrogen-bond acceptors (Lipinski definition) is 6. The molecule has 102 valence electrons. The van der Waals surface area contributed by atoms with Crippen LogP contribution < -0.4 is 5.73 Å². The molecule has 8 nitrogen and oxygen atoms in total. The first-order valence-electron chi connectivity index (χ1n) is 6.02. The molecule has 19 heavy (non-hydrogen) atoms. The van der Waals surface area contributed by atoms with Gasteiger partial charge in [0.05, 0.1) is 31.6 Å². The van der Waals surface area contributed by atoms with Gasteiger partial charge in [-0.2, -0.15) is 5.10 Å². The van der Waals surface area contributed by atoms with Gasteiger partial charge in [-0.1, -0.05) is 5.21 Å². The second-order valence-electron chi connectivity index (χ2n) is 3.81. The summed E-state index contributed by atoms with van der Waals surface area (Å²) in [5, 5.41) is 11.8. The maximum Gasteiger partial charge on any atom is 0.356 e. The van der Waals surface area contributed by atoms with Crippen LogP contribution in [0.1, 0.15) is 23.1 Å². The van der Waals surface area contributed by atoms with E-state index < -0.39 is 0 Å². The Bertz CT molecular complexity index is 547. The molecule has 0 fully saturated rings. The van der Waals surface area contributed by atoms with Crippen LogP contribution in [-0.2, 0) is 24.4 Å². The maximum absolute atomic E-state index is 11.7. The van der Waals surface area contributed by atoms with E-state index in [0.717, 1.165) is 5.69 Å². The second-order valence-corrected chi connectivity index (χ2v) is 3.81. The Morgan fingerprint density at radius 2 is 2.21 bits per heavy atom.